The van der Waals surface area contributed by atoms with Crippen molar-refractivity contribution >= 4 is 0 Å². The molecule has 0 aromatic heterocycles. The second kappa shape index (κ2) is 5.73. The van der Waals surface area contributed by atoms with E-state index >= 15 is 0 Å². The van der Waals surface area contributed by atoms with Gasteiger partial charge in [-0.2, -0.15) is 0 Å². The zero-order valence-electron chi connectivity index (χ0n) is 9.53. The van der Waals surface area contributed by atoms with Crippen LogP contribution >= 0.6 is 0 Å². The number of ether oxygens (including phenoxy) is 1. The van der Waals surface area contributed by atoms with Crippen molar-refractivity contribution in [3.63, 3.8) is 0 Å². The number of rotatable bonds is 5. The molecule has 3 nitrogen and oxygen atoms in total. The van der Waals surface area contributed by atoms with Crippen molar-refractivity contribution in [2.24, 2.45) is 0 Å². The Kier molecular flexibility index (Phi) is 4.59. The summed E-state index contributed by atoms with van der Waals surface area (Å²) < 4.78 is 5.28. The van der Waals surface area contributed by atoms with E-state index in [2.05, 4.69) is 12.2 Å². The van der Waals surface area contributed by atoms with E-state index in [1.54, 1.807) is 7.11 Å². The predicted octanol–water partition coefficient (Wildman–Crippen LogP) is 1.73. The molecule has 1 rings (SSSR count). The monoisotopic (exact) mass is 209 g/mol. The van der Waals surface area contributed by atoms with Gasteiger partial charge in [0.25, 0.3) is 0 Å². The summed E-state index contributed by atoms with van der Waals surface area (Å²) >= 11 is 0. The summed E-state index contributed by atoms with van der Waals surface area (Å²) in [5, 5.41) is 12.3. The van der Waals surface area contributed by atoms with Crippen LogP contribution in [0.25, 0.3) is 0 Å². The molecular formula is C12H19NO2. The third-order valence-corrected chi connectivity index (χ3v) is 2.41. The molecule has 0 aliphatic rings. The highest BCUT2D eigenvalue weighted by atomic mass is 16.5. The van der Waals surface area contributed by atoms with Gasteiger partial charge in [-0.3, -0.25) is 0 Å². The highest BCUT2D eigenvalue weighted by Gasteiger charge is 2.12. The summed E-state index contributed by atoms with van der Waals surface area (Å²) in [6.45, 7) is 4.15. The van der Waals surface area contributed by atoms with E-state index in [-0.39, 0.29) is 18.7 Å². The molecule has 0 saturated carbocycles. The molecule has 15 heavy (non-hydrogen) atoms. The molecule has 3 heteroatoms. The van der Waals surface area contributed by atoms with Crippen LogP contribution in [0.5, 0.6) is 5.75 Å². The number of aliphatic hydroxyl groups is 1. The van der Waals surface area contributed by atoms with Crippen molar-refractivity contribution in [1.29, 1.82) is 0 Å². The van der Waals surface area contributed by atoms with Crippen LogP contribution in [0.2, 0.25) is 0 Å². The minimum atomic E-state index is 0.0879. The van der Waals surface area contributed by atoms with Gasteiger partial charge in [0.05, 0.1) is 13.7 Å². The fourth-order valence-electron chi connectivity index (χ4n) is 1.59. The van der Waals surface area contributed by atoms with Crippen LogP contribution in [-0.2, 0) is 0 Å². The van der Waals surface area contributed by atoms with Gasteiger partial charge in [0, 0.05) is 17.6 Å². The zero-order valence-corrected chi connectivity index (χ0v) is 9.53. The summed E-state index contributed by atoms with van der Waals surface area (Å²) in [6.07, 6.45) is 0. The number of benzene rings is 1. The molecule has 0 saturated heterocycles. The first-order valence-corrected chi connectivity index (χ1v) is 5.18. The lowest BCUT2D eigenvalue weighted by atomic mass is 10.1. The normalized spacial score (nSPS) is 14.7. The predicted molar refractivity (Wildman–Crippen MR) is 61.1 cm³/mol. The molecule has 0 heterocycles. The molecule has 1 aromatic rings. The van der Waals surface area contributed by atoms with Gasteiger partial charge in [-0.25, -0.2) is 0 Å². The Balaban J connectivity index is 2.76. The minimum Gasteiger partial charge on any atom is -0.496 e. The van der Waals surface area contributed by atoms with E-state index in [9.17, 15) is 0 Å². The largest absolute Gasteiger partial charge is 0.496 e. The Bertz CT molecular complexity index is 301. The molecular weight excluding hydrogens is 190 g/mol. The van der Waals surface area contributed by atoms with E-state index in [1.807, 2.05) is 31.2 Å². The number of methoxy groups -OCH3 is 1. The summed E-state index contributed by atoms with van der Waals surface area (Å²) in [7, 11) is 1.67. The van der Waals surface area contributed by atoms with Gasteiger partial charge in [-0.15, -0.1) is 0 Å². The third kappa shape index (κ3) is 3.22. The van der Waals surface area contributed by atoms with E-state index in [0.717, 1.165) is 11.3 Å². The SMILES string of the molecule is COc1ccccc1[C@@H](C)N[C@@H](C)CO. The second-order valence-electron chi connectivity index (χ2n) is 3.71. The van der Waals surface area contributed by atoms with Crippen molar-refractivity contribution in [2.75, 3.05) is 13.7 Å². The number of aliphatic hydroxyl groups excluding tert-OH is 1. The molecule has 2 atom stereocenters. The van der Waals surface area contributed by atoms with Crippen LogP contribution in [0.4, 0.5) is 0 Å². The van der Waals surface area contributed by atoms with Gasteiger partial charge in [-0.05, 0) is 19.9 Å². The average molecular weight is 209 g/mol. The van der Waals surface area contributed by atoms with Crippen molar-refractivity contribution in [1.82, 2.24) is 5.32 Å². The topological polar surface area (TPSA) is 41.5 Å². The van der Waals surface area contributed by atoms with Crippen LogP contribution in [-0.4, -0.2) is 24.9 Å². The molecule has 0 radical (unpaired) electrons. The number of hydrogen-bond donors (Lipinski definition) is 2. The third-order valence-electron chi connectivity index (χ3n) is 2.41. The Morgan fingerprint density at radius 1 is 1.33 bits per heavy atom. The van der Waals surface area contributed by atoms with E-state index in [4.69, 9.17) is 9.84 Å². The summed E-state index contributed by atoms with van der Waals surface area (Å²) in [5.41, 5.74) is 1.11. The highest BCUT2D eigenvalue weighted by Crippen LogP contribution is 2.24. The zero-order chi connectivity index (χ0) is 11.3. The molecule has 0 bridgehead atoms. The Morgan fingerprint density at radius 3 is 2.60 bits per heavy atom. The molecule has 0 unspecified atom stereocenters. The molecule has 0 fully saturated rings. The minimum absolute atomic E-state index is 0.0879. The number of para-hydroxylation sites is 1. The van der Waals surface area contributed by atoms with Gasteiger partial charge in [0.2, 0.25) is 0 Å². The van der Waals surface area contributed by atoms with E-state index in [1.165, 1.54) is 0 Å². The quantitative estimate of drug-likeness (QED) is 0.776. The fraction of sp³-hybridized carbons (Fsp3) is 0.500. The molecule has 2 N–H and O–H groups in total. The van der Waals surface area contributed by atoms with Crippen molar-refractivity contribution in [2.45, 2.75) is 25.9 Å². The van der Waals surface area contributed by atoms with Gasteiger partial charge < -0.3 is 15.2 Å². The first-order chi connectivity index (χ1) is 7.19. The molecule has 0 aliphatic heterocycles. The molecule has 1 aromatic carbocycles. The van der Waals surface area contributed by atoms with Crippen LogP contribution in [0.1, 0.15) is 25.5 Å². The van der Waals surface area contributed by atoms with Crippen LogP contribution < -0.4 is 10.1 Å². The average Bonchev–Trinajstić information content (AvgIpc) is 2.28. The maximum Gasteiger partial charge on any atom is 0.123 e. The van der Waals surface area contributed by atoms with E-state index < -0.39 is 0 Å². The van der Waals surface area contributed by atoms with Gasteiger partial charge >= 0.3 is 0 Å². The van der Waals surface area contributed by atoms with Crippen molar-refractivity contribution < 1.29 is 9.84 Å². The van der Waals surface area contributed by atoms with E-state index in [0.29, 0.717) is 0 Å². The lowest BCUT2D eigenvalue weighted by molar-refractivity contribution is 0.242. The molecule has 84 valence electrons. The number of nitrogens with one attached hydrogen (secondary N) is 1. The highest BCUT2D eigenvalue weighted by molar-refractivity contribution is 5.35. The van der Waals surface area contributed by atoms with Crippen molar-refractivity contribution in [3.05, 3.63) is 29.8 Å². The van der Waals surface area contributed by atoms with Crippen LogP contribution in [0.3, 0.4) is 0 Å². The summed E-state index contributed by atoms with van der Waals surface area (Å²) in [6, 6.07) is 8.16. The van der Waals surface area contributed by atoms with Gasteiger partial charge in [0.15, 0.2) is 0 Å². The standard InChI is InChI=1S/C12H19NO2/c1-9(8-14)13-10(2)11-6-4-5-7-12(11)15-3/h4-7,9-10,13-14H,8H2,1-3H3/t9-,10+/m0/s1. The molecule has 0 amide bonds. The first kappa shape index (κ1) is 12.0. The van der Waals surface area contributed by atoms with Crippen LogP contribution in [0.15, 0.2) is 24.3 Å². The number of hydrogen-bond acceptors (Lipinski definition) is 3. The summed E-state index contributed by atoms with van der Waals surface area (Å²) in [4.78, 5) is 0. The van der Waals surface area contributed by atoms with Gasteiger partial charge in [-0.1, -0.05) is 18.2 Å². The second-order valence-corrected chi connectivity index (χ2v) is 3.71. The maximum atomic E-state index is 8.96. The molecule has 0 aliphatic carbocycles. The fourth-order valence-corrected chi connectivity index (χ4v) is 1.59. The Hall–Kier alpha value is -1.06. The lowest BCUT2D eigenvalue weighted by Crippen LogP contribution is -2.31. The van der Waals surface area contributed by atoms with Crippen molar-refractivity contribution in [3.8, 4) is 5.75 Å². The van der Waals surface area contributed by atoms with Gasteiger partial charge in [0.1, 0.15) is 5.75 Å². The Morgan fingerprint density at radius 2 is 2.00 bits per heavy atom. The summed E-state index contributed by atoms with van der Waals surface area (Å²) in [5.74, 6) is 0.877. The smallest absolute Gasteiger partial charge is 0.123 e. The maximum absolute atomic E-state index is 8.96. The Labute approximate surface area is 91.1 Å². The van der Waals surface area contributed by atoms with Crippen LogP contribution in [0, 0.1) is 0 Å². The first-order valence-electron chi connectivity index (χ1n) is 5.18. The lowest BCUT2D eigenvalue weighted by Gasteiger charge is -2.20. The molecule has 0 spiro atoms.